The van der Waals surface area contributed by atoms with Gasteiger partial charge in [-0.1, -0.05) is 12.8 Å². The van der Waals surface area contributed by atoms with Gasteiger partial charge < -0.3 is 5.32 Å². The molecule has 0 bridgehead atoms. The average Bonchev–Trinajstić information content (AvgIpc) is 2.74. The maximum absolute atomic E-state index is 8.84. The highest BCUT2D eigenvalue weighted by molar-refractivity contribution is 4.94. The van der Waals surface area contributed by atoms with E-state index in [0.29, 0.717) is 18.5 Å². The largest absolute Gasteiger partial charge is 0.311 e. The summed E-state index contributed by atoms with van der Waals surface area (Å²) in [6, 6.07) is 4.12. The molecule has 3 nitrogen and oxygen atoms in total. The number of nitrogens with one attached hydrogen (secondary N) is 1. The Morgan fingerprint density at radius 3 is 2.80 bits per heavy atom. The molecule has 1 aliphatic carbocycles. The second kappa shape index (κ2) is 4.96. The van der Waals surface area contributed by atoms with Gasteiger partial charge >= 0.3 is 0 Å². The normalized spacial score (nSPS) is 34.1. The number of nitriles is 1. The van der Waals surface area contributed by atoms with Crippen molar-refractivity contribution in [3.8, 4) is 6.07 Å². The summed E-state index contributed by atoms with van der Waals surface area (Å²) in [6.07, 6.45) is 6.12. The zero-order chi connectivity index (χ0) is 10.7. The van der Waals surface area contributed by atoms with Crippen LogP contribution in [0.5, 0.6) is 0 Å². The first-order valence-corrected chi connectivity index (χ1v) is 6.17. The molecule has 0 aromatic rings. The molecule has 2 fully saturated rings. The van der Waals surface area contributed by atoms with E-state index in [4.69, 9.17) is 5.26 Å². The molecule has 0 aromatic carbocycles. The Morgan fingerprint density at radius 2 is 2.13 bits per heavy atom. The summed E-state index contributed by atoms with van der Waals surface area (Å²) >= 11 is 0. The van der Waals surface area contributed by atoms with E-state index in [0.717, 1.165) is 19.1 Å². The first-order valence-electron chi connectivity index (χ1n) is 6.17. The zero-order valence-corrected chi connectivity index (χ0v) is 9.58. The van der Waals surface area contributed by atoms with Crippen LogP contribution in [0.25, 0.3) is 0 Å². The van der Waals surface area contributed by atoms with Crippen LogP contribution >= 0.6 is 0 Å². The molecule has 1 heterocycles. The minimum absolute atomic E-state index is 0.453. The molecule has 2 unspecified atom stereocenters. The molecule has 1 aliphatic heterocycles. The van der Waals surface area contributed by atoms with Gasteiger partial charge in [0.15, 0.2) is 0 Å². The summed E-state index contributed by atoms with van der Waals surface area (Å²) in [7, 11) is 0. The van der Waals surface area contributed by atoms with Crippen molar-refractivity contribution < 1.29 is 0 Å². The van der Waals surface area contributed by atoms with Crippen LogP contribution in [0.15, 0.2) is 0 Å². The second-order valence-electron chi connectivity index (χ2n) is 4.96. The fourth-order valence-corrected chi connectivity index (χ4v) is 2.96. The van der Waals surface area contributed by atoms with Crippen LogP contribution in [0.4, 0.5) is 0 Å². The Morgan fingerprint density at radius 1 is 1.40 bits per heavy atom. The topological polar surface area (TPSA) is 39.1 Å². The van der Waals surface area contributed by atoms with Gasteiger partial charge in [-0.25, -0.2) is 0 Å². The molecule has 1 N–H and O–H groups in total. The Kier molecular flexibility index (Phi) is 3.61. The van der Waals surface area contributed by atoms with E-state index in [1.165, 1.54) is 25.7 Å². The number of nitrogens with zero attached hydrogens (tertiary/aromatic N) is 2. The smallest absolute Gasteiger partial charge is 0.0638 e. The lowest BCUT2D eigenvalue weighted by atomic mass is 10.0. The van der Waals surface area contributed by atoms with Gasteiger partial charge in [0.25, 0.3) is 0 Å². The predicted octanol–water partition coefficient (Wildman–Crippen LogP) is 1.50. The Labute approximate surface area is 92.4 Å². The summed E-state index contributed by atoms with van der Waals surface area (Å²) in [6.45, 7) is 4.35. The van der Waals surface area contributed by atoms with Crippen LogP contribution in [-0.4, -0.2) is 36.1 Å². The van der Waals surface area contributed by atoms with Crippen molar-refractivity contribution in [3.63, 3.8) is 0 Å². The summed E-state index contributed by atoms with van der Waals surface area (Å²) < 4.78 is 0. The van der Waals surface area contributed by atoms with Crippen molar-refractivity contribution in [2.45, 2.75) is 57.2 Å². The fourth-order valence-electron chi connectivity index (χ4n) is 2.96. The van der Waals surface area contributed by atoms with Crippen LogP contribution in [0.2, 0.25) is 0 Å². The molecule has 2 aliphatic rings. The van der Waals surface area contributed by atoms with Gasteiger partial charge in [-0.15, -0.1) is 0 Å². The standard InChI is InChI=1S/C12H21N3/c1-10-9-15(11-4-2-3-5-11)12(6-7-13)8-14-10/h10-12,14H,2-6,8-9H2,1H3. The predicted molar refractivity (Wildman–Crippen MR) is 60.4 cm³/mol. The zero-order valence-electron chi connectivity index (χ0n) is 9.58. The highest BCUT2D eigenvalue weighted by Gasteiger charge is 2.32. The van der Waals surface area contributed by atoms with E-state index in [-0.39, 0.29) is 0 Å². The van der Waals surface area contributed by atoms with E-state index in [1.807, 2.05) is 0 Å². The van der Waals surface area contributed by atoms with Crippen LogP contribution in [0.3, 0.4) is 0 Å². The number of piperazine rings is 1. The summed E-state index contributed by atoms with van der Waals surface area (Å²) in [5.41, 5.74) is 0. The highest BCUT2D eigenvalue weighted by Crippen LogP contribution is 2.27. The van der Waals surface area contributed by atoms with Crippen LogP contribution in [-0.2, 0) is 0 Å². The Hall–Kier alpha value is -0.590. The third kappa shape index (κ3) is 2.50. The molecular weight excluding hydrogens is 186 g/mol. The van der Waals surface area contributed by atoms with Crippen LogP contribution in [0.1, 0.15) is 39.0 Å². The molecule has 84 valence electrons. The van der Waals surface area contributed by atoms with Gasteiger partial charge in [0, 0.05) is 31.2 Å². The van der Waals surface area contributed by atoms with Gasteiger partial charge in [-0.2, -0.15) is 5.26 Å². The molecule has 0 amide bonds. The lowest BCUT2D eigenvalue weighted by Crippen LogP contribution is -2.58. The first kappa shape index (κ1) is 10.9. The minimum atomic E-state index is 0.453. The van der Waals surface area contributed by atoms with Crippen molar-refractivity contribution in [2.24, 2.45) is 0 Å². The van der Waals surface area contributed by atoms with Gasteiger partial charge in [-0.3, -0.25) is 4.90 Å². The molecule has 0 spiro atoms. The van der Waals surface area contributed by atoms with Crippen LogP contribution in [0, 0.1) is 11.3 Å². The van der Waals surface area contributed by atoms with E-state index in [1.54, 1.807) is 0 Å². The molecule has 1 saturated carbocycles. The van der Waals surface area contributed by atoms with E-state index >= 15 is 0 Å². The maximum Gasteiger partial charge on any atom is 0.0638 e. The summed E-state index contributed by atoms with van der Waals surface area (Å²) in [4.78, 5) is 2.59. The second-order valence-corrected chi connectivity index (χ2v) is 4.96. The molecule has 0 radical (unpaired) electrons. The monoisotopic (exact) mass is 207 g/mol. The Balaban J connectivity index is 1.99. The fraction of sp³-hybridized carbons (Fsp3) is 0.917. The van der Waals surface area contributed by atoms with E-state index < -0.39 is 0 Å². The molecular formula is C12H21N3. The van der Waals surface area contributed by atoms with Crippen molar-refractivity contribution in [1.29, 1.82) is 5.26 Å². The number of hydrogen-bond donors (Lipinski definition) is 1. The highest BCUT2D eigenvalue weighted by atomic mass is 15.3. The minimum Gasteiger partial charge on any atom is -0.311 e. The SMILES string of the molecule is CC1CN(C2CCCC2)C(CC#N)CN1. The molecule has 3 heteroatoms. The maximum atomic E-state index is 8.84. The molecule has 1 saturated heterocycles. The third-order valence-electron chi connectivity index (χ3n) is 3.78. The summed E-state index contributed by atoms with van der Waals surface area (Å²) in [5.74, 6) is 0. The number of hydrogen-bond acceptors (Lipinski definition) is 3. The van der Waals surface area contributed by atoms with E-state index in [9.17, 15) is 0 Å². The molecule has 15 heavy (non-hydrogen) atoms. The first-order chi connectivity index (χ1) is 7.31. The van der Waals surface area contributed by atoms with Gasteiger partial charge in [0.05, 0.1) is 12.5 Å². The van der Waals surface area contributed by atoms with Crippen molar-refractivity contribution in [3.05, 3.63) is 0 Å². The molecule has 0 aromatic heterocycles. The van der Waals surface area contributed by atoms with Crippen molar-refractivity contribution in [1.82, 2.24) is 10.2 Å². The lowest BCUT2D eigenvalue weighted by Gasteiger charge is -2.42. The van der Waals surface area contributed by atoms with Crippen LogP contribution < -0.4 is 5.32 Å². The van der Waals surface area contributed by atoms with Crippen molar-refractivity contribution >= 4 is 0 Å². The third-order valence-corrected chi connectivity index (χ3v) is 3.78. The van der Waals surface area contributed by atoms with Gasteiger partial charge in [0.1, 0.15) is 0 Å². The van der Waals surface area contributed by atoms with E-state index in [2.05, 4.69) is 23.2 Å². The lowest BCUT2D eigenvalue weighted by molar-refractivity contribution is 0.0898. The van der Waals surface area contributed by atoms with Crippen molar-refractivity contribution in [2.75, 3.05) is 13.1 Å². The Bertz CT molecular complexity index is 240. The molecule has 2 rings (SSSR count). The molecule has 2 atom stereocenters. The van der Waals surface area contributed by atoms with Gasteiger partial charge in [-0.05, 0) is 19.8 Å². The number of rotatable bonds is 2. The summed E-state index contributed by atoms with van der Waals surface area (Å²) in [5, 5.41) is 12.3. The average molecular weight is 207 g/mol. The van der Waals surface area contributed by atoms with Gasteiger partial charge in [0.2, 0.25) is 0 Å². The quantitative estimate of drug-likeness (QED) is 0.746.